The first-order valence-corrected chi connectivity index (χ1v) is 5.99. The van der Waals surface area contributed by atoms with Crippen LogP contribution in [0.4, 0.5) is 5.82 Å². The molecular weight excluding hydrogens is 230 g/mol. The lowest BCUT2D eigenvalue weighted by Crippen LogP contribution is -2.28. The first kappa shape index (κ1) is 12.5. The molecule has 0 N–H and O–H groups in total. The second-order valence-electron chi connectivity index (χ2n) is 4.44. The van der Waals surface area contributed by atoms with Crippen LogP contribution in [0.2, 0.25) is 0 Å². The average molecular weight is 247 g/mol. The lowest BCUT2D eigenvalue weighted by Gasteiger charge is -2.15. The molecule has 1 amide bonds. The minimum atomic E-state index is -0.0773. The Bertz CT molecular complexity index is 452. The molecule has 0 bridgehead atoms. The van der Waals surface area contributed by atoms with Crippen LogP contribution in [0.5, 0.6) is 0 Å². The number of hydrogen-bond acceptors (Lipinski definition) is 4. The van der Waals surface area contributed by atoms with E-state index in [1.54, 1.807) is 22.3 Å². The van der Waals surface area contributed by atoms with Gasteiger partial charge >= 0.3 is 0 Å². The number of aromatic nitrogens is 2. The topological polar surface area (TPSA) is 61.7 Å². The van der Waals surface area contributed by atoms with Gasteiger partial charge in [-0.15, -0.1) is 0 Å². The normalized spacial score (nSPS) is 15.3. The molecule has 0 saturated carbocycles. The fourth-order valence-corrected chi connectivity index (χ4v) is 1.82. The van der Waals surface area contributed by atoms with Crippen LogP contribution >= 0.6 is 0 Å². The van der Waals surface area contributed by atoms with Gasteiger partial charge < -0.3 is 9.80 Å². The molecule has 2 rings (SSSR count). The lowest BCUT2D eigenvalue weighted by atomic mass is 10.3. The van der Waals surface area contributed by atoms with E-state index in [0.29, 0.717) is 11.5 Å². The van der Waals surface area contributed by atoms with Crippen molar-refractivity contribution in [2.75, 3.05) is 27.2 Å². The van der Waals surface area contributed by atoms with E-state index in [4.69, 9.17) is 0 Å². The van der Waals surface area contributed by atoms with Crippen LogP contribution in [-0.2, 0) is 0 Å². The summed E-state index contributed by atoms with van der Waals surface area (Å²) >= 11 is 0. The van der Waals surface area contributed by atoms with Crippen molar-refractivity contribution in [1.82, 2.24) is 19.8 Å². The van der Waals surface area contributed by atoms with E-state index in [-0.39, 0.29) is 5.91 Å². The molecule has 0 aliphatic carbocycles. The summed E-state index contributed by atoms with van der Waals surface area (Å²) in [6, 6.07) is 0. The van der Waals surface area contributed by atoms with Gasteiger partial charge in [-0.05, 0) is 12.8 Å². The Morgan fingerprint density at radius 1 is 1.33 bits per heavy atom. The number of carbonyl (C=O) groups excluding carboxylic acids is 1. The van der Waals surface area contributed by atoms with Crippen LogP contribution in [0.1, 0.15) is 23.3 Å². The third kappa shape index (κ3) is 2.82. The molecule has 1 aromatic rings. The minimum Gasteiger partial charge on any atom is -0.369 e. The monoisotopic (exact) mass is 247 g/mol. The Labute approximate surface area is 106 Å². The third-order valence-corrected chi connectivity index (χ3v) is 2.69. The van der Waals surface area contributed by atoms with Gasteiger partial charge in [0.25, 0.3) is 5.91 Å². The van der Waals surface area contributed by atoms with Gasteiger partial charge in [0, 0.05) is 39.6 Å². The Morgan fingerprint density at radius 3 is 2.67 bits per heavy atom. The van der Waals surface area contributed by atoms with Crippen molar-refractivity contribution in [2.45, 2.75) is 12.8 Å². The van der Waals surface area contributed by atoms with Crippen LogP contribution in [0.15, 0.2) is 17.4 Å². The van der Waals surface area contributed by atoms with Gasteiger partial charge in [0.15, 0.2) is 11.5 Å². The van der Waals surface area contributed by atoms with Gasteiger partial charge in [0.1, 0.15) is 0 Å². The van der Waals surface area contributed by atoms with Gasteiger partial charge in [0.05, 0.1) is 6.34 Å². The van der Waals surface area contributed by atoms with Crippen molar-refractivity contribution in [3.8, 4) is 0 Å². The largest absolute Gasteiger partial charge is 0.369 e. The number of hydrogen-bond donors (Lipinski definition) is 0. The molecule has 96 valence electrons. The number of likely N-dealkylation sites (tertiary alicyclic amines) is 1. The molecule has 0 atom stereocenters. The van der Waals surface area contributed by atoms with Crippen molar-refractivity contribution in [1.29, 1.82) is 0 Å². The van der Waals surface area contributed by atoms with Gasteiger partial charge in [-0.3, -0.25) is 4.79 Å². The predicted molar refractivity (Wildman–Crippen MR) is 69.0 cm³/mol. The number of nitrogens with zero attached hydrogens (tertiary/aromatic N) is 5. The van der Waals surface area contributed by atoms with Crippen molar-refractivity contribution >= 4 is 18.1 Å². The Kier molecular flexibility index (Phi) is 3.86. The molecule has 1 aliphatic heterocycles. The van der Waals surface area contributed by atoms with E-state index >= 15 is 0 Å². The second kappa shape index (κ2) is 5.57. The fraction of sp³-hybridized carbons (Fsp3) is 0.500. The van der Waals surface area contributed by atoms with Crippen LogP contribution < -0.4 is 0 Å². The molecule has 1 aromatic heterocycles. The smallest absolute Gasteiger partial charge is 0.276 e. The molecule has 0 unspecified atom stereocenters. The van der Waals surface area contributed by atoms with E-state index in [0.717, 1.165) is 25.9 Å². The first-order chi connectivity index (χ1) is 8.68. The molecule has 0 radical (unpaired) electrons. The maximum absolute atomic E-state index is 12.2. The van der Waals surface area contributed by atoms with Gasteiger partial charge in [-0.25, -0.2) is 15.0 Å². The highest BCUT2D eigenvalue weighted by molar-refractivity contribution is 5.96. The summed E-state index contributed by atoms with van der Waals surface area (Å²) in [5.74, 6) is 0.301. The summed E-state index contributed by atoms with van der Waals surface area (Å²) < 4.78 is 0. The van der Waals surface area contributed by atoms with E-state index in [1.165, 1.54) is 6.20 Å². The van der Waals surface area contributed by atoms with Crippen LogP contribution in [-0.4, -0.2) is 59.2 Å². The number of amides is 1. The molecule has 6 heteroatoms. The zero-order valence-electron chi connectivity index (χ0n) is 10.7. The number of carbonyl (C=O) groups is 1. The maximum atomic E-state index is 12.2. The van der Waals surface area contributed by atoms with Gasteiger partial charge in [-0.1, -0.05) is 0 Å². The summed E-state index contributed by atoms with van der Waals surface area (Å²) in [4.78, 5) is 28.2. The predicted octanol–water partition coefficient (Wildman–Crippen LogP) is 0.934. The van der Waals surface area contributed by atoms with Crippen molar-refractivity contribution in [2.24, 2.45) is 4.99 Å². The van der Waals surface area contributed by atoms with Gasteiger partial charge in [0.2, 0.25) is 0 Å². The van der Waals surface area contributed by atoms with Crippen molar-refractivity contribution in [3.05, 3.63) is 18.1 Å². The highest BCUT2D eigenvalue weighted by Crippen LogP contribution is 2.17. The lowest BCUT2D eigenvalue weighted by molar-refractivity contribution is 0.0787. The first-order valence-electron chi connectivity index (χ1n) is 5.99. The highest BCUT2D eigenvalue weighted by Gasteiger charge is 2.23. The van der Waals surface area contributed by atoms with E-state index < -0.39 is 0 Å². The SMILES string of the molecule is CN(C)C=Nc1nccnc1C(=O)N1CCCC1. The molecular formula is C12H17N5O. The van der Waals surface area contributed by atoms with Gasteiger partial charge in [-0.2, -0.15) is 0 Å². The molecule has 1 aliphatic rings. The Balaban J connectivity index is 2.23. The molecule has 18 heavy (non-hydrogen) atoms. The summed E-state index contributed by atoms with van der Waals surface area (Å²) in [5, 5.41) is 0. The Morgan fingerprint density at radius 2 is 2.00 bits per heavy atom. The van der Waals surface area contributed by atoms with E-state index in [2.05, 4.69) is 15.0 Å². The van der Waals surface area contributed by atoms with E-state index in [9.17, 15) is 4.79 Å². The summed E-state index contributed by atoms with van der Waals surface area (Å²) in [6.07, 6.45) is 6.80. The van der Waals surface area contributed by atoms with Crippen LogP contribution in [0.25, 0.3) is 0 Å². The zero-order valence-corrected chi connectivity index (χ0v) is 10.7. The van der Waals surface area contributed by atoms with Crippen molar-refractivity contribution < 1.29 is 4.79 Å². The average Bonchev–Trinajstić information content (AvgIpc) is 2.89. The molecule has 1 fully saturated rings. The van der Waals surface area contributed by atoms with Crippen molar-refractivity contribution in [3.63, 3.8) is 0 Å². The summed E-state index contributed by atoms with van der Waals surface area (Å²) in [7, 11) is 3.73. The zero-order chi connectivity index (χ0) is 13.0. The summed E-state index contributed by atoms with van der Waals surface area (Å²) in [6.45, 7) is 1.60. The molecule has 1 saturated heterocycles. The van der Waals surface area contributed by atoms with Crippen LogP contribution in [0, 0.1) is 0 Å². The van der Waals surface area contributed by atoms with Crippen LogP contribution in [0.3, 0.4) is 0 Å². The third-order valence-electron chi connectivity index (χ3n) is 2.69. The molecule has 0 aromatic carbocycles. The summed E-state index contributed by atoms with van der Waals surface area (Å²) in [5.41, 5.74) is 0.331. The maximum Gasteiger partial charge on any atom is 0.276 e. The minimum absolute atomic E-state index is 0.0773. The number of rotatable bonds is 3. The highest BCUT2D eigenvalue weighted by atomic mass is 16.2. The standard InChI is InChI=1S/C12H17N5O/c1-16(2)9-15-11-10(13-5-6-14-11)12(18)17-7-3-4-8-17/h5-6,9H,3-4,7-8H2,1-2H3. The quantitative estimate of drug-likeness (QED) is 0.589. The fourth-order valence-electron chi connectivity index (χ4n) is 1.82. The van der Waals surface area contributed by atoms with E-state index in [1.807, 2.05) is 14.1 Å². The molecule has 6 nitrogen and oxygen atoms in total. The second-order valence-corrected chi connectivity index (χ2v) is 4.44. The Hall–Kier alpha value is -1.98. The number of aliphatic imine (C=N–C) groups is 1. The molecule has 2 heterocycles. The molecule has 0 spiro atoms.